The fourth-order valence-electron chi connectivity index (χ4n) is 14.2. The second-order valence-corrected chi connectivity index (χ2v) is 30.6. The van der Waals surface area contributed by atoms with E-state index in [-0.39, 0.29) is 78.7 Å². The molecule has 1 saturated heterocycles. The van der Waals surface area contributed by atoms with Crippen LogP contribution in [-0.4, -0.2) is 259 Å². The van der Waals surface area contributed by atoms with Crippen LogP contribution in [0.5, 0.6) is 11.5 Å². The molecule has 38 heteroatoms. The summed E-state index contributed by atoms with van der Waals surface area (Å²) in [4.78, 5) is 102. The number of halogens is 2. The van der Waals surface area contributed by atoms with Gasteiger partial charge in [-0.25, -0.2) is 3.11 Å². The highest BCUT2D eigenvalue weighted by molar-refractivity contribution is 14.1. The molecule has 17 radical (unpaired) electrons. The molecule has 7 aliphatic rings. The Kier molecular flexibility index (Phi) is 32.3. The number of aliphatic hydroxyl groups is 6. The molecule has 0 spiro atoms. The van der Waals surface area contributed by atoms with Crippen LogP contribution in [0.2, 0.25) is 0 Å². The average molecular weight is 1650 g/mol. The Morgan fingerprint density at radius 2 is 0.944 bits per heavy atom. The number of carbonyl (C=O) groups is 8. The predicted octanol–water partition coefficient (Wildman–Crippen LogP) is 1.36. The topological polar surface area (TPSA) is 360 Å². The van der Waals surface area contributed by atoms with Gasteiger partial charge in [-0.05, 0) is 193 Å². The number of likely N-dealkylation sites (N-methyl/N-ethyl adjacent to an activating group) is 2. The second-order valence-electron chi connectivity index (χ2n) is 28.5. The first kappa shape index (κ1) is 92.5. The minimum Gasteiger partial charge on any atom is -0.508 e. The molecule has 1 aliphatic heterocycles. The third-order valence-electron chi connectivity index (χ3n) is 19.1. The van der Waals surface area contributed by atoms with Crippen LogP contribution in [0.25, 0.3) is 11.5 Å². The summed E-state index contributed by atoms with van der Waals surface area (Å²) in [5.41, 5.74) is 37.2. The number of benzene rings is 2. The Morgan fingerprint density at radius 1 is 0.593 bits per heavy atom. The zero-order valence-corrected chi connectivity index (χ0v) is 64.9. The fraction of sp³-hybridized carbons (Fsp3) is 0.386. The fourth-order valence-corrected chi connectivity index (χ4v) is 15.5. The van der Waals surface area contributed by atoms with Crippen LogP contribution in [0.15, 0.2) is 140 Å². The number of carbonyl (C=O) groups excluding carboxylic acids is 8. The number of phenols is 2. The summed E-state index contributed by atoms with van der Waals surface area (Å²) in [5.74, 6) is -12.9. The van der Waals surface area contributed by atoms with Gasteiger partial charge in [-0.1, -0.05) is 72.6 Å². The first-order valence-corrected chi connectivity index (χ1v) is 35.0. The van der Waals surface area contributed by atoms with Gasteiger partial charge in [-0.3, -0.25) is 48.2 Å². The molecule has 0 bridgehead atoms. The number of Topliss-reactive ketones (excluding diaryl/α,β-unsaturated/α-hetero) is 4. The maximum atomic E-state index is 13.8. The largest absolute Gasteiger partial charge is 0.508 e. The first-order valence-electron chi connectivity index (χ1n) is 33.0. The van der Waals surface area contributed by atoms with Crippen LogP contribution in [0.4, 0.5) is 0 Å². The number of aromatic hydroxyl groups is 2. The van der Waals surface area contributed by atoms with E-state index in [0.29, 0.717) is 35.1 Å². The SMILES string of the molecule is C.C=C=C=C=C=C=C=C=C=C=C=C=C=C=C.CN(C)[C@@H]1C(=O)C(C(N)=O)=C(O)[C@@]2(O)C(=O)C3=C(O)c4c(O)c(C(C)(C)C)cc(I)c4C[C@H]3C[C@@H]12.CN(C)[C@@H]1C(=O)C(C(N)=O)=C(O)[C@@]2(O)C(=O)C3=C(O)c4c(ccc(C(C)(C)C)c4O)C[C@H]3C[C@@H]12.O=C1CCC(=O)N1I.[B][B]B([B])B(B([B])[B])B(B([B])[B])B([B])[B]. The van der Waals surface area contributed by atoms with Gasteiger partial charge in [-0.2, -0.15) is 0 Å². The van der Waals surface area contributed by atoms with Crippen LogP contribution < -0.4 is 11.5 Å². The highest BCUT2D eigenvalue weighted by atomic mass is 127. The number of hydrogen-bond acceptors (Lipinski definition) is 18. The minimum absolute atomic E-state index is 0. The van der Waals surface area contributed by atoms with Crippen molar-refractivity contribution in [2.75, 3.05) is 28.2 Å². The molecule has 2 aromatic carbocycles. The van der Waals surface area contributed by atoms with Gasteiger partial charge in [0.1, 0.15) is 45.7 Å². The van der Waals surface area contributed by atoms with E-state index < -0.39 is 165 Å². The number of nitrogens with zero attached hydrogens (tertiary/aromatic N) is 3. The molecule has 108 heavy (non-hydrogen) atoms. The maximum absolute atomic E-state index is 13.8. The Hall–Kier alpha value is -7.89. The van der Waals surface area contributed by atoms with Gasteiger partial charge >= 0.3 is 0 Å². The Morgan fingerprint density at radius 3 is 1.26 bits per heavy atom. The van der Waals surface area contributed by atoms with E-state index >= 15 is 0 Å². The quantitative estimate of drug-likeness (QED) is 0.0401. The van der Waals surface area contributed by atoms with Crippen molar-refractivity contribution in [3.63, 3.8) is 0 Å². The lowest BCUT2D eigenvalue weighted by Crippen LogP contribution is -2.73. The molecule has 3 fully saturated rings. The van der Waals surface area contributed by atoms with Gasteiger partial charge in [0, 0.05) is 158 Å². The van der Waals surface area contributed by atoms with Gasteiger partial charge in [0.2, 0.25) is 23.4 Å². The lowest BCUT2D eigenvalue weighted by Gasteiger charge is -2.50. The maximum Gasteiger partial charge on any atom is 0.255 e. The molecular weight excluding hydrogens is 1580 g/mol. The first-order chi connectivity index (χ1) is 49.6. The van der Waals surface area contributed by atoms with E-state index in [1.54, 1.807) is 63.2 Å². The summed E-state index contributed by atoms with van der Waals surface area (Å²) < 4.78 is 1.94. The summed E-state index contributed by atoms with van der Waals surface area (Å²) >= 11 is 3.85. The molecule has 8 atom stereocenters. The van der Waals surface area contributed by atoms with Crippen molar-refractivity contribution in [2.45, 2.75) is 122 Å². The van der Waals surface area contributed by atoms with Crippen LogP contribution in [0, 0.1) is 27.2 Å². The Labute approximate surface area is 671 Å². The van der Waals surface area contributed by atoms with E-state index in [4.69, 9.17) is 73.4 Å². The zero-order chi connectivity index (χ0) is 81.4. The number of primary amides is 2. The van der Waals surface area contributed by atoms with Crippen molar-refractivity contribution in [1.82, 2.24) is 12.9 Å². The Balaban J connectivity index is 0.000000311. The second kappa shape index (κ2) is 37.7. The number of hydrogen-bond donors (Lipinski definition) is 10. The van der Waals surface area contributed by atoms with Gasteiger partial charge in [0.25, 0.3) is 11.8 Å². The molecule has 12 N–H and O–H groups in total. The van der Waals surface area contributed by atoms with Gasteiger partial charge < -0.3 is 52.3 Å². The van der Waals surface area contributed by atoms with E-state index in [1.807, 2.05) is 47.6 Å². The van der Waals surface area contributed by atoms with E-state index in [9.17, 15) is 79.2 Å². The van der Waals surface area contributed by atoms with Gasteiger partial charge in [0.15, 0.2) is 22.8 Å². The van der Waals surface area contributed by atoms with Gasteiger partial charge in [-0.15, -0.1) is 0 Å². The third-order valence-corrected chi connectivity index (χ3v) is 21.2. The van der Waals surface area contributed by atoms with Gasteiger partial charge in [0.05, 0.1) is 46.1 Å². The molecule has 0 unspecified atom stereocenters. The number of ketones is 4. The molecule has 0 aromatic heterocycles. The average Bonchev–Trinajstić information content (AvgIpc) is 0.719. The summed E-state index contributed by atoms with van der Waals surface area (Å²) in [5, 5.41) is 89.6. The summed E-state index contributed by atoms with van der Waals surface area (Å²) in [6.07, 6.45) is -2.27. The standard InChI is InChI=1S/C25H29IN2O7.C25H30N2O7.C15H4.C4H4INO2.CH4.B15/c1-24(2,3)12-8-13(26)10-6-9-7-11-17(28(4)5)20(31)16(23(27)34)22(33)25(11,35)21(32)14(9)19(30)15(10)18(12)29;1-24(2,3)12-7-6-10-8-11-9-13-17(27(4)5)20(30)16(23(26)33)22(32)25(13,34)21(31)15(11)19(29)14(10)18(12)28;1-3-5-7-9-11-13-15-14-12-10-8-6-4-2;5-6-3(7)1-2-4(6)8;;1-9-13(8)15(12(6)7)14(10(2)3)11(4)5/h8-9,11,17,29-30,33,35H,6-7H2,1-5H3,(H2,27,34);6-7,11,13,17,28-29,32,34H,8-9H2,1-5H3,(H2,26,33);1-2H2;1-2H2;1H4;/t9-,11-,17-,25-;11-,13-,17-,25-;;;;/m00..../s1. The molecule has 9 rings (SSSR count). The van der Waals surface area contributed by atoms with Crippen LogP contribution in [0.3, 0.4) is 0 Å². The minimum atomic E-state index is -2.63. The van der Waals surface area contributed by atoms with E-state index in [0.717, 1.165) is 6.68 Å². The van der Waals surface area contributed by atoms with Crippen molar-refractivity contribution >= 4 is 211 Å². The monoisotopic (exact) mass is 1660 g/mol. The lowest BCUT2D eigenvalue weighted by molar-refractivity contribution is -0.155. The molecule has 2 saturated carbocycles. The molecule has 21 nitrogen and oxygen atoms in total. The third kappa shape index (κ3) is 19.1. The number of rotatable bonds is 10. The van der Waals surface area contributed by atoms with Crippen molar-refractivity contribution in [3.8, 4) is 11.5 Å². The van der Waals surface area contributed by atoms with Crippen LogP contribution in [0.1, 0.15) is 108 Å². The van der Waals surface area contributed by atoms with Crippen molar-refractivity contribution in [2.24, 2.45) is 35.1 Å². The van der Waals surface area contributed by atoms with E-state index in [1.165, 1.54) is 16.9 Å². The molecule has 1 heterocycles. The van der Waals surface area contributed by atoms with Crippen LogP contribution in [-0.2, 0) is 62.0 Å². The highest BCUT2D eigenvalue weighted by Gasteiger charge is 2.66. The predicted molar refractivity (Wildman–Crippen MR) is 444 cm³/mol. The molecule has 4 amide bonds. The molecule has 6 aliphatic carbocycles. The molecular formula is C70H71B15I2N5O16. The lowest BCUT2D eigenvalue weighted by atomic mass is 8.46. The van der Waals surface area contributed by atoms with Crippen LogP contribution >= 0.6 is 45.5 Å². The smallest absolute Gasteiger partial charge is 0.255 e. The number of nitrogens with two attached hydrogens (primary N) is 2. The number of fused-ring (bicyclic) bond motifs is 6. The summed E-state index contributed by atoms with van der Waals surface area (Å²) in [6.45, 7) is 18.0. The number of imide groups is 1. The highest BCUT2D eigenvalue weighted by Crippen LogP contribution is 2.56. The summed E-state index contributed by atoms with van der Waals surface area (Å²) in [6, 6.07) is 3.26. The molecule has 531 valence electrons. The molecule has 2 aromatic rings. The zero-order valence-electron chi connectivity index (χ0n) is 60.6. The van der Waals surface area contributed by atoms with Crippen molar-refractivity contribution in [1.29, 1.82) is 0 Å². The van der Waals surface area contributed by atoms with Crippen molar-refractivity contribution in [3.05, 3.63) is 177 Å². The number of aliphatic hydroxyl groups excluding tert-OH is 4. The normalized spacial score (nSPS) is 21.8. The van der Waals surface area contributed by atoms with Crippen molar-refractivity contribution < 1.29 is 79.2 Å². The van der Waals surface area contributed by atoms with E-state index in [2.05, 4.69) is 110 Å². The summed E-state index contributed by atoms with van der Waals surface area (Å²) in [7, 11) is 52.1. The number of phenolic OH excluding ortho intramolecular Hbond substituents is 2. The Bertz CT molecular complexity index is 4630. The number of amides is 4.